The second kappa shape index (κ2) is 3.67. The number of rotatable bonds is 2. The van der Waals surface area contributed by atoms with Crippen molar-refractivity contribution < 1.29 is 0 Å². The average Bonchev–Trinajstić information content (AvgIpc) is 2.38. The molecular formula is C6H8BrN5. The number of hydrogen-bond acceptors (Lipinski definition) is 4. The molecular weight excluding hydrogens is 222 g/mol. The normalized spacial score (nSPS) is 12.5. The van der Waals surface area contributed by atoms with Gasteiger partial charge in [-0.05, 0) is 15.9 Å². The number of aryl methyl sites for hydroxylation is 1. The van der Waals surface area contributed by atoms with Crippen molar-refractivity contribution in [2.75, 3.05) is 0 Å². The molecule has 1 aromatic heterocycles. The molecule has 12 heavy (non-hydrogen) atoms. The van der Waals surface area contributed by atoms with Crippen molar-refractivity contribution in [1.82, 2.24) is 20.4 Å². The Bertz CT molecular complexity index is 293. The lowest BCUT2D eigenvalue weighted by molar-refractivity contribution is 0.593. The molecule has 1 heterocycles. The zero-order valence-electron chi connectivity index (χ0n) is 6.45. The molecule has 6 heteroatoms. The van der Waals surface area contributed by atoms with Crippen molar-refractivity contribution in [1.29, 1.82) is 0 Å². The van der Waals surface area contributed by atoms with Gasteiger partial charge in [0, 0.05) is 7.05 Å². The highest BCUT2D eigenvalue weighted by molar-refractivity contribution is 9.10. The van der Waals surface area contributed by atoms with Crippen LogP contribution in [0.1, 0.15) is 11.7 Å². The number of nitrogens with two attached hydrogens (primary N) is 1. The smallest absolute Gasteiger partial charge is 0.154 e. The molecule has 1 atom stereocenters. The Labute approximate surface area is 78.4 Å². The van der Waals surface area contributed by atoms with Gasteiger partial charge in [-0.3, -0.25) is 5.84 Å². The lowest BCUT2D eigenvalue weighted by atomic mass is 10.2. The van der Waals surface area contributed by atoms with Crippen LogP contribution in [0, 0.1) is 12.3 Å². The van der Waals surface area contributed by atoms with Gasteiger partial charge in [0.1, 0.15) is 11.7 Å². The van der Waals surface area contributed by atoms with E-state index >= 15 is 0 Å². The Kier molecular flexibility index (Phi) is 2.81. The summed E-state index contributed by atoms with van der Waals surface area (Å²) in [7, 11) is 1.74. The third kappa shape index (κ3) is 1.48. The van der Waals surface area contributed by atoms with Gasteiger partial charge in [0.05, 0.1) is 0 Å². The number of nitrogens with zero attached hydrogens (tertiary/aromatic N) is 3. The van der Waals surface area contributed by atoms with Crippen LogP contribution in [0.3, 0.4) is 0 Å². The molecule has 64 valence electrons. The van der Waals surface area contributed by atoms with E-state index in [1.807, 2.05) is 0 Å². The van der Waals surface area contributed by atoms with E-state index in [9.17, 15) is 0 Å². The SMILES string of the molecule is C#CC(NN)c1c(Br)nnn1C. The fourth-order valence-corrected chi connectivity index (χ4v) is 1.41. The summed E-state index contributed by atoms with van der Waals surface area (Å²) >= 11 is 3.21. The van der Waals surface area contributed by atoms with E-state index in [4.69, 9.17) is 12.3 Å². The number of hydrazine groups is 1. The standard InChI is InChI=1S/C6H8BrN5/c1-3-4(9-8)5-6(7)10-11-12(5)2/h1,4,9H,8H2,2H3. The first-order chi connectivity index (χ1) is 5.70. The second-order valence-electron chi connectivity index (χ2n) is 2.16. The molecule has 0 amide bonds. The molecule has 1 unspecified atom stereocenters. The predicted octanol–water partition coefficient (Wildman–Crippen LogP) is -0.285. The molecule has 0 aliphatic rings. The van der Waals surface area contributed by atoms with Crippen LogP contribution in [-0.4, -0.2) is 15.0 Å². The molecule has 0 saturated heterocycles. The van der Waals surface area contributed by atoms with Crippen LogP contribution in [0.25, 0.3) is 0 Å². The Morgan fingerprint density at radius 3 is 2.83 bits per heavy atom. The minimum Gasteiger partial charge on any atom is -0.270 e. The van der Waals surface area contributed by atoms with E-state index in [1.54, 1.807) is 11.7 Å². The van der Waals surface area contributed by atoms with Crippen molar-refractivity contribution >= 4 is 15.9 Å². The van der Waals surface area contributed by atoms with Gasteiger partial charge in [0.15, 0.2) is 4.60 Å². The Hall–Kier alpha value is -0.900. The molecule has 0 radical (unpaired) electrons. The van der Waals surface area contributed by atoms with E-state index in [1.165, 1.54) is 0 Å². The highest BCUT2D eigenvalue weighted by Gasteiger charge is 2.15. The molecule has 0 spiro atoms. The maximum absolute atomic E-state index is 5.23. The van der Waals surface area contributed by atoms with Crippen molar-refractivity contribution in [2.24, 2.45) is 12.9 Å². The largest absolute Gasteiger partial charge is 0.270 e. The maximum atomic E-state index is 5.23. The topological polar surface area (TPSA) is 68.8 Å². The highest BCUT2D eigenvalue weighted by Crippen LogP contribution is 2.18. The zero-order chi connectivity index (χ0) is 9.14. The van der Waals surface area contributed by atoms with Gasteiger partial charge in [-0.25, -0.2) is 10.1 Å². The molecule has 0 bridgehead atoms. The average molecular weight is 230 g/mol. The van der Waals surface area contributed by atoms with E-state index in [0.717, 1.165) is 5.69 Å². The van der Waals surface area contributed by atoms with Crippen LogP contribution < -0.4 is 11.3 Å². The lowest BCUT2D eigenvalue weighted by Crippen LogP contribution is -2.28. The highest BCUT2D eigenvalue weighted by atomic mass is 79.9. The lowest BCUT2D eigenvalue weighted by Gasteiger charge is -2.08. The van der Waals surface area contributed by atoms with Crippen LogP contribution in [0.4, 0.5) is 0 Å². The monoisotopic (exact) mass is 229 g/mol. The van der Waals surface area contributed by atoms with Crippen LogP contribution >= 0.6 is 15.9 Å². The molecule has 1 rings (SSSR count). The fraction of sp³-hybridized carbons (Fsp3) is 0.333. The van der Waals surface area contributed by atoms with E-state index < -0.39 is 0 Å². The van der Waals surface area contributed by atoms with Crippen LogP contribution in [-0.2, 0) is 7.05 Å². The predicted molar refractivity (Wildman–Crippen MR) is 47.6 cm³/mol. The third-order valence-corrected chi connectivity index (χ3v) is 2.00. The van der Waals surface area contributed by atoms with Gasteiger partial charge in [0.2, 0.25) is 0 Å². The van der Waals surface area contributed by atoms with Gasteiger partial charge in [0.25, 0.3) is 0 Å². The molecule has 0 fully saturated rings. The fourth-order valence-electron chi connectivity index (χ4n) is 0.851. The second-order valence-corrected chi connectivity index (χ2v) is 2.91. The van der Waals surface area contributed by atoms with E-state index in [-0.39, 0.29) is 6.04 Å². The summed E-state index contributed by atoms with van der Waals surface area (Å²) in [5.74, 6) is 7.70. The summed E-state index contributed by atoms with van der Waals surface area (Å²) in [6.45, 7) is 0. The molecule has 0 aromatic carbocycles. The number of halogens is 1. The van der Waals surface area contributed by atoms with Crippen molar-refractivity contribution in [2.45, 2.75) is 6.04 Å². The minimum absolute atomic E-state index is 0.376. The Morgan fingerprint density at radius 2 is 2.50 bits per heavy atom. The van der Waals surface area contributed by atoms with Crippen LogP contribution in [0.15, 0.2) is 4.60 Å². The molecule has 1 aromatic rings. The summed E-state index contributed by atoms with van der Waals surface area (Å²) in [4.78, 5) is 0. The summed E-state index contributed by atoms with van der Waals surface area (Å²) < 4.78 is 2.17. The van der Waals surface area contributed by atoms with Gasteiger partial charge in [-0.15, -0.1) is 11.5 Å². The van der Waals surface area contributed by atoms with Crippen LogP contribution in [0.5, 0.6) is 0 Å². The quantitative estimate of drug-likeness (QED) is 0.416. The van der Waals surface area contributed by atoms with E-state index in [0.29, 0.717) is 4.60 Å². The summed E-state index contributed by atoms with van der Waals surface area (Å²) in [5, 5.41) is 7.53. The molecule has 0 aliphatic carbocycles. The van der Waals surface area contributed by atoms with Crippen molar-refractivity contribution in [3.8, 4) is 12.3 Å². The first-order valence-corrected chi connectivity index (χ1v) is 3.97. The molecule has 0 aliphatic heterocycles. The Morgan fingerprint density at radius 1 is 1.83 bits per heavy atom. The van der Waals surface area contributed by atoms with Gasteiger partial charge >= 0.3 is 0 Å². The zero-order valence-corrected chi connectivity index (χ0v) is 8.04. The number of hydrogen-bond donors (Lipinski definition) is 2. The third-order valence-electron chi connectivity index (χ3n) is 1.43. The number of nitrogens with one attached hydrogen (secondary N) is 1. The van der Waals surface area contributed by atoms with Crippen molar-refractivity contribution in [3.05, 3.63) is 10.3 Å². The summed E-state index contributed by atoms with van der Waals surface area (Å²) in [6.07, 6.45) is 5.23. The van der Waals surface area contributed by atoms with Gasteiger partial charge in [-0.2, -0.15) is 0 Å². The maximum Gasteiger partial charge on any atom is 0.154 e. The van der Waals surface area contributed by atoms with Gasteiger partial charge < -0.3 is 0 Å². The molecule has 5 nitrogen and oxygen atoms in total. The number of aromatic nitrogens is 3. The summed E-state index contributed by atoms with van der Waals surface area (Å²) in [5.41, 5.74) is 3.20. The van der Waals surface area contributed by atoms with Crippen LogP contribution in [0.2, 0.25) is 0 Å². The first-order valence-electron chi connectivity index (χ1n) is 3.18. The van der Waals surface area contributed by atoms with Gasteiger partial charge in [-0.1, -0.05) is 11.1 Å². The molecule has 3 N–H and O–H groups in total. The Balaban J connectivity index is 3.08. The minimum atomic E-state index is -0.376. The summed E-state index contributed by atoms with van der Waals surface area (Å²) in [6, 6.07) is -0.376. The number of terminal acetylenes is 1. The molecule has 0 saturated carbocycles. The first kappa shape index (κ1) is 9.19. The van der Waals surface area contributed by atoms with E-state index in [2.05, 4.69) is 37.6 Å². The van der Waals surface area contributed by atoms with Crippen molar-refractivity contribution in [3.63, 3.8) is 0 Å².